The molecule has 20 nitrogen and oxygen atoms in total. The number of esters is 2. The van der Waals surface area contributed by atoms with Crippen molar-refractivity contribution in [2.24, 2.45) is 20.5 Å². The van der Waals surface area contributed by atoms with Crippen LogP contribution in [0.25, 0.3) is 11.3 Å². The molecule has 6 aromatic rings. The number of aryl methyl sites for hydroxylation is 2. The van der Waals surface area contributed by atoms with Crippen molar-refractivity contribution in [3.63, 3.8) is 0 Å². The van der Waals surface area contributed by atoms with Gasteiger partial charge in [0, 0.05) is 38.2 Å². The van der Waals surface area contributed by atoms with E-state index in [9.17, 15) is 9.59 Å². The number of carbonyl (C=O) groups is 2. The minimum absolute atomic E-state index is 0. The number of rotatable bonds is 8. The summed E-state index contributed by atoms with van der Waals surface area (Å²) in [6.07, 6.45) is 0. The van der Waals surface area contributed by atoms with Crippen molar-refractivity contribution in [1.29, 1.82) is 0 Å². The van der Waals surface area contributed by atoms with Gasteiger partial charge in [0.05, 0.1) is 69.8 Å². The predicted octanol–water partition coefficient (Wildman–Crippen LogP) is 7.07. The van der Waals surface area contributed by atoms with E-state index in [1.165, 1.54) is 9.26 Å². The van der Waals surface area contributed by atoms with Crippen LogP contribution in [0.1, 0.15) is 152 Å². The van der Waals surface area contributed by atoms with Gasteiger partial charge in [0.15, 0.2) is 0 Å². The molecule has 0 aliphatic rings. The molecule has 0 radical (unpaired) electrons. The zero-order valence-corrected chi connectivity index (χ0v) is 37.5. The van der Waals surface area contributed by atoms with E-state index in [0.29, 0.717) is 57.1 Å². The van der Waals surface area contributed by atoms with E-state index >= 15 is 0 Å². The fraction of sp³-hybridized carbons (Fsp3) is 0.579. The zero-order valence-electron chi connectivity index (χ0n) is 36.5. The number of carbonyl (C=O) groups excluding carboxylic acids is 2. The van der Waals surface area contributed by atoms with E-state index in [0.717, 1.165) is 0 Å². The summed E-state index contributed by atoms with van der Waals surface area (Å²) in [6.45, 7) is 31.3. The van der Waals surface area contributed by atoms with Gasteiger partial charge in [-0.2, -0.15) is 0 Å². The van der Waals surface area contributed by atoms with Crippen LogP contribution in [0.4, 0.5) is 23.0 Å². The first-order chi connectivity index (χ1) is 26.9. The molecule has 0 aliphatic heterocycles. The maximum absolute atomic E-state index is 12.6. The molecule has 322 valence electrons. The molecule has 59 heavy (non-hydrogen) atoms. The van der Waals surface area contributed by atoms with Crippen molar-refractivity contribution >= 4 is 46.2 Å². The average molecular weight is 856 g/mol. The molecule has 0 amide bonds. The molecule has 6 aromatic heterocycles. The molecule has 6 rings (SSSR count). The molecule has 0 saturated heterocycles. The minimum Gasteiger partial charge on any atom is -0.462 e. The quantitative estimate of drug-likeness (QED) is 0.0845. The summed E-state index contributed by atoms with van der Waals surface area (Å²) in [5.41, 5.74) is 3.48. The standard InChI is InChI=1S/2C19H27N8O2.Ni/c2*1-9-29-17(28)11-13(18(3,4)5)22-24-15(11)23-21-12-14(19(6,7)8)26-27-16(12)20-10(2)25-27;/h2*9H2,1-8H3,(H-,20,21,22,23,24,25,26,28);/q2*-1;/p-2. The second-order valence-corrected chi connectivity index (χ2v) is 17.7. The summed E-state index contributed by atoms with van der Waals surface area (Å²) in [4.78, 5) is 33.9. The fourth-order valence-electron chi connectivity index (χ4n) is 5.71. The van der Waals surface area contributed by atoms with Crippen LogP contribution in [-0.4, -0.2) is 65.0 Å². The third-order valence-electron chi connectivity index (χ3n) is 8.36. The Morgan fingerprint density at radius 1 is 0.542 bits per heavy atom. The normalized spacial score (nSPS) is 12.7. The molecule has 0 atom stereocenters. The molecule has 0 unspecified atom stereocenters. The molecule has 0 aromatic carbocycles. The first kappa shape index (κ1) is 46.1. The van der Waals surface area contributed by atoms with E-state index in [4.69, 9.17) is 9.47 Å². The first-order valence-electron chi connectivity index (χ1n) is 18.9. The molecular weight excluding hydrogens is 803 g/mol. The van der Waals surface area contributed by atoms with Crippen molar-refractivity contribution in [3.05, 3.63) is 45.6 Å². The molecule has 0 N–H and O–H groups in total. The number of azo groups is 2. The number of aromatic nitrogens is 12. The summed E-state index contributed by atoms with van der Waals surface area (Å²) >= 11 is 0. The van der Waals surface area contributed by atoms with Gasteiger partial charge in [-0.25, -0.2) is 19.8 Å². The van der Waals surface area contributed by atoms with Gasteiger partial charge in [-0.3, -0.25) is 29.7 Å². The molecule has 6 heterocycles. The van der Waals surface area contributed by atoms with Crippen molar-refractivity contribution in [2.45, 2.75) is 132 Å². The van der Waals surface area contributed by atoms with Crippen LogP contribution in [0.15, 0.2) is 20.5 Å². The maximum atomic E-state index is 12.6. The van der Waals surface area contributed by atoms with E-state index < -0.39 is 22.8 Å². The maximum Gasteiger partial charge on any atom is 0.339 e. The van der Waals surface area contributed by atoms with E-state index in [1.807, 2.05) is 83.1 Å². The van der Waals surface area contributed by atoms with E-state index in [-0.39, 0.29) is 63.3 Å². The summed E-state index contributed by atoms with van der Waals surface area (Å²) in [6, 6.07) is 0. The van der Waals surface area contributed by atoms with E-state index in [1.54, 1.807) is 27.7 Å². The van der Waals surface area contributed by atoms with Gasteiger partial charge in [-0.15, -0.1) is 0 Å². The van der Waals surface area contributed by atoms with Gasteiger partial charge < -0.3 is 50.1 Å². The Balaban J connectivity index is 0.000000256. The largest absolute Gasteiger partial charge is 0.462 e. The molecule has 0 spiro atoms. The van der Waals surface area contributed by atoms with Crippen LogP contribution >= 0.6 is 0 Å². The average Bonchev–Trinajstić information content (AvgIpc) is 3.92. The number of fused-ring (bicyclic) bond motifs is 2. The Labute approximate surface area is 352 Å². The summed E-state index contributed by atoms with van der Waals surface area (Å²) in [5, 5.41) is 51.3. The molecule has 21 heteroatoms. The number of hydrogen-bond acceptors (Lipinski definition) is 14. The fourth-order valence-corrected chi connectivity index (χ4v) is 5.71. The van der Waals surface area contributed by atoms with Crippen LogP contribution in [0.3, 0.4) is 0 Å². The molecule has 0 aliphatic carbocycles. The van der Waals surface area contributed by atoms with Crippen molar-refractivity contribution in [2.75, 3.05) is 13.2 Å². The van der Waals surface area contributed by atoms with E-state index in [2.05, 4.69) is 71.2 Å². The summed E-state index contributed by atoms with van der Waals surface area (Å²) in [7, 11) is 0. The van der Waals surface area contributed by atoms with Crippen LogP contribution in [0, 0.1) is 13.8 Å². The molecule has 0 fully saturated rings. The second kappa shape index (κ2) is 16.9. The Bertz CT molecular complexity index is 2330. The van der Waals surface area contributed by atoms with Crippen LogP contribution in [0.2, 0.25) is 0 Å². The van der Waals surface area contributed by atoms with Crippen molar-refractivity contribution < 1.29 is 35.6 Å². The smallest absolute Gasteiger partial charge is 0.339 e. The van der Waals surface area contributed by atoms with Gasteiger partial charge in [0.1, 0.15) is 0 Å². The van der Waals surface area contributed by atoms with Gasteiger partial charge in [0.2, 0.25) is 0 Å². The van der Waals surface area contributed by atoms with Gasteiger partial charge in [0.25, 0.3) is 0 Å². The van der Waals surface area contributed by atoms with Crippen LogP contribution in [-0.2, 0) is 47.6 Å². The molecule has 0 saturated carbocycles. The van der Waals surface area contributed by atoms with Gasteiger partial charge >= 0.3 is 11.9 Å². The zero-order chi connectivity index (χ0) is 43.1. The van der Waals surface area contributed by atoms with Crippen molar-refractivity contribution in [3.8, 4) is 0 Å². The third kappa shape index (κ3) is 9.83. The van der Waals surface area contributed by atoms with Crippen molar-refractivity contribution in [1.82, 2.24) is 60.0 Å². The molecular formula is C38H52N16NiO4-4. The topological polar surface area (TPSA) is 245 Å². The Morgan fingerprint density at radius 3 is 1.15 bits per heavy atom. The Kier molecular flexibility index (Phi) is 13.2. The predicted molar refractivity (Wildman–Crippen MR) is 212 cm³/mol. The SMILES string of the molecule is CCOC(=O)c1c(C(C)(C)C)n[n-]c1N=Nc1c(C(C)(C)C)nn2nc(C)[n-]c12.CCOC(=O)c1c(C(C)(C)C)n[n-]c1N=Nc1c(C(C)(C)C)nn2nc(C)[n-]c12.[Ni]. The summed E-state index contributed by atoms with van der Waals surface area (Å²) in [5.74, 6) is 0.361. The number of hydrogen-bond donors (Lipinski definition) is 0. The van der Waals surface area contributed by atoms with Crippen LogP contribution < -0.4 is 20.2 Å². The number of ether oxygens (including phenoxy) is 2. The number of nitrogens with zero attached hydrogens (tertiary/aromatic N) is 16. The second-order valence-electron chi connectivity index (χ2n) is 17.7. The van der Waals surface area contributed by atoms with Gasteiger partial charge in [-0.05, 0) is 51.0 Å². The Morgan fingerprint density at radius 2 is 0.864 bits per heavy atom. The minimum atomic E-state index is -0.517. The monoisotopic (exact) mass is 854 g/mol. The first-order valence-corrected chi connectivity index (χ1v) is 18.9. The summed E-state index contributed by atoms with van der Waals surface area (Å²) < 4.78 is 13.3. The van der Waals surface area contributed by atoms with Gasteiger partial charge in [-0.1, -0.05) is 83.1 Å². The third-order valence-corrected chi connectivity index (χ3v) is 8.36. The van der Waals surface area contributed by atoms with Crippen LogP contribution in [0.5, 0.6) is 0 Å². The Hall–Kier alpha value is -5.59. The molecule has 0 bridgehead atoms.